The first-order valence-corrected chi connectivity index (χ1v) is 7.78. The molecule has 0 bridgehead atoms. The van der Waals surface area contributed by atoms with Gasteiger partial charge in [-0.05, 0) is 56.3 Å². The van der Waals surface area contributed by atoms with E-state index in [4.69, 9.17) is 13.6 Å². The Bertz CT molecular complexity index is 785. The minimum atomic E-state index is -0.160. The van der Waals surface area contributed by atoms with Crippen molar-refractivity contribution in [2.45, 2.75) is 26.5 Å². The molecule has 5 heteroatoms. The number of ether oxygens (including phenoxy) is 1. The molecule has 24 heavy (non-hydrogen) atoms. The van der Waals surface area contributed by atoms with E-state index in [0.717, 1.165) is 11.3 Å². The van der Waals surface area contributed by atoms with E-state index in [0.29, 0.717) is 23.6 Å². The third-order valence-corrected chi connectivity index (χ3v) is 3.38. The molecular weight excluding hydrogens is 306 g/mol. The maximum Gasteiger partial charge on any atom is 0.251 e. The quantitative estimate of drug-likeness (QED) is 0.735. The third kappa shape index (κ3) is 3.87. The van der Waals surface area contributed by atoms with E-state index in [1.165, 1.54) is 0 Å². The van der Waals surface area contributed by atoms with Gasteiger partial charge in [0.2, 0.25) is 0 Å². The molecule has 2 aromatic heterocycles. The summed E-state index contributed by atoms with van der Waals surface area (Å²) in [5.41, 5.74) is 1.45. The Morgan fingerprint density at radius 2 is 1.92 bits per heavy atom. The lowest BCUT2D eigenvalue weighted by molar-refractivity contribution is 0.0948. The molecule has 2 heterocycles. The summed E-state index contributed by atoms with van der Waals surface area (Å²) in [5, 5.41) is 2.84. The minimum Gasteiger partial charge on any atom is -0.491 e. The van der Waals surface area contributed by atoms with Crippen LogP contribution in [0.25, 0.3) is 11.3 Å². The van der Waals surface area contributed by atoms with Gasteiger partial charge in [-0.3, -0.25) is 4.79 Å². The molecule has 1 aromatic carbocycles. The summed E-state index contributed by atoms with van der Waals surface area (Å²) >= 11 is 0. The summed E-state index contributed by atoms with van der Waals surface area (Å²) in [6.45, 7) is 4.24. The van der Waals surface area contributed by atoms with E-state index in [9.17, 15) is 4.79 Å². The maximum atomic E-state index is 12.2. The lowest BCUT2D eigenvalue weighted by Gasteiger charge is -2.10. The van der Waals surface area contributed by atoms with Crippen molar-refractivity contribution in [3.05, 3.63) is 66.3 Å². The van der Waals surface area contributed by atoms with Crippen molar-refractivity contribution in [2.24, 2.45) is 0 Å². The molecule has 0 unspecified atom stereocenters. The normalized spacial score (nSPS) is 10.8. The Labute approximate surface area is 140 Å². The summed E-state index contributed by atoms with van der Waals surface area (Å²) in [5.74, 6) is 1.98. The van der Waals surface area contributed by atoms with Crippen LogP contribution in [-0.2, 0) is 6.54 Å². The van der Waals surface area contributed by atoms with Gasteiger partial charge in [0.15, 0.2) is 0 Å². The minimum absolute atomic E-state index is 0.105. The van der Waals surface area contributed by atoms with E-state index in [-0.39, 0.29) is 12.0 Å². The predicted molar refractivity (Wildman–Crippen MR) is 89.8 cm³/mol. The van der Waals surface area contributed by atoms with E-state index < -0.39 is 0 Å². The fraction of sp³-hybridized carbons (Fsp3) is 0.211. The van der Waals surface area contributed by atoms with Gasteiger partial charge in [-0.2, -0.15) is 0 Å². The summed E-state index contributed by atoms with van der Waals surface area (Å²) in [6, 6.07) is 12.6. The summed E-state index contributed by atoms with van der Waals surface area (Å²) < 4.78 is 16.3. The Hall–Kier alpha value is -2.95. The molecule has 124 valence electrons. The Kier molecular flexibility index (Phi) is 4.70. The number of carbonyl (C=O) groups is 1. The van der Waals surface area contributed by atoms with E-state index >= 15 is 0 Å². The molecule has 1 amide bonds. The average molecular weight is 325 g/mol. The van der Waals surface area contributed by atoms with Crippen LogP contribution in [-0.4, -0.2) is 12.0 Å². The second-order valence-corrected chi connectivity index (χ2v) is 5.65. The summed E-state index contributed by atoms with van der Waals surface area (Å²) in [7, 11) is 0. The van der Waals surface area contributed by atoms with E-state index in [2.05, 4.69) is 5.32 Å². The van der Waals surface area contributed by atoms with Crippen LogP contribution in [0.1, 0.15) is 30.0 Å². The zero-order valence-corrected chi connectivity index (χ0v) is 13.6. The lowest BCUT2D eigenvalue weighted by atomic mass is 10.2. The molecule has 1 N–H and O–H groups in total. The molecule has 0 saturated heterocycles. The van der Waals surface area contributed by atoms with Gasteiger partial charge in [-0.25, -0.2) is 0 Å². The smallest absolute Gasteiger partial charge is 0.251 e. The predicted octanol–water partition coefficient (Wildman–Crippen LogP) is 4.26. The highest BCUT2D eigenvalue weighted by atomic mass is 16.5. The standard InChI is InChI=1S/C19H19NO4/c1-13(2)23-16-5-3-14(4-6-16)19(21)20-11-17-7-8-18(24-17)15-9-10-22-12-15/h3-10,12-13H,11H2,1-2H3,(H,20,21). The maximum absolute atomic E-state index is 12.2. The van der Waals surface area contributed by atoms with E-state index in [1.54, 1.807) is 36.8 Å². The van der Waals surface area contributed by atoms with Gasteiger partial charge < -0.3 is 18.9 Å². The number of benzene rings is 1. The van der Waals surface area contributed by atoms with Crippen LogP contribution in [0.15, 0.2) is 63.8 Å². The van der Waals surface area contributed by atoms with Crippen molar-refractivity contribution in [3.8, 4) is 17.1 Å². The molecule has 5 nitrogen and oxygen atoms in total. The molecule has 0 saturated carbocycles. The topological polar surface area (TPSA) is 64.6 Å². The fourth-order valence-electron chi connectivity index (χ4n) is 2.26. The van der Waals surface area contributed by atoms with Crippen molar-refractivity contribution in [2.75, 3.05) is 0 Å². The molecular formula is C19H19NO4. The van der Waals surface area contributed by atoms with Crippen LogP contribution < -0.4 is 10.1 Å². The van der Waals surface area contributed by atoms with Crippen LogP contribution in [0.2, 0.25) is 0 Å². The second kappa shape index (κ2) is 7.08. The van der Waals surface area contributed by atoms with Gasteiger partial charge in [0.1, 0.15) is 23.5 Å². The fourth-order valence-corrected chi connectivity index (χ4v) is 2.26. The molecule has 0 aliphatic carbocycles. The Morgan fingerprint density at radius 3 is 2.58 bits per heavy atom. The van der Waals surface area contributed by atoms with Crippen LogP contribution in [0.5, 0.6) is 5.75 Å². The lowest BCUT2D eigenvalue weighted by Crippen LogP contribution is -2.22. The van der Waals surface area contributed by atoms with Gasteiger partial charge >= 0.3 is 0 Å². The number of nitrogens with one attached hydrogen (secondary N) is 1. The summed E-state index contributed by atoms with van der Waals surface area (Å²) in [6.07, 6.45) is 3.31. The number of hydrogen-bond donors (Lipinski definition) is 1. The Morgan fingerprint density at radius 1 is 1.12 bits per heavy atom. The van der Waals surface area contributed by atoms with Crippen molar-refractivity contribution in [1.29, 1.82) is 0 Å². The second-order valence-electron chi connectivity index (χ2n) is 5.65. The number of furan rings is 2. The largest absolute Gasteiger partial charge is 0.491 e. The molecule has 0 spiro atoms. The Balaban J connectivity index is 1.57. The van der Waals surface area contributed by atoms with Crippen molar-refractivity contribution in [3.63, 3.8) is 0 Å². The van der Waals surface area contributed by atoms with Gasteiger partial charge in [-0.1, -0.05) is 0 Å². The van der Waals surface area contributed by atoms with Gasteiger partial charge in [0.25, 0.3) is 5.91 Å². The molecule has 0 radical (unpaired) electrons. The van der Waals surface area contributed by atoms with Crippen LogP contribution >= 0.6 is 0 Å². The van der Waals surface area contributed by atoms with Crippen LogP contribution in [0.3, 0.4) is 0 Å². The molecule has 0 aliphatic heterocycles. The van der Waals surface area contributed by atoms with Gasteiger partial charge in [-0.15, -0.1) is 0 Å². The third-order valence-electron chi connectivity index (χ3n) is 3.38. The van der Waals surface area contributed by atoms with Crippen LogP contribution in [0, 0.1) is 0 Å². The first-order valence-electron chi connectivity index (χ1n) is 7.78. The zero-order chi connectivity index (χ0) is 16.9. The average Bonchev–Trinajstić information content (AvgIpc) is 3.24. The zero-order valence-electron chi connectivity index (χ0n) is 13.6. The molecule has 0 aliphatic rings. The SMILES string of the molecule is CC(C)Oc1ccc(C(=O)NCc2ccc(-c3ccoc3)o2)cc1. The first kappa shape index (κ1) is 15.9. The van der Waals surface area contributed by atoms with Crippen molar-refractivity contribution in [1.82, 2.24) is 5.32 Å². The van der Waals surface area contributed by atoms with Crippen molar-refractivity contribution >= 4 is 5.91 Å². The molecule has 0 fully saturated rings. The number of hydrogen-bond acceptors (Lipinski definition) is 4. The highest BCUT2D eigenvalue weighted by Crippen LogP contribution is 2.22. The first-order chi connectivity index (χ1) is 11.6. The van der Waals surface area contributed by atoms with Crippen LogP contribution in [0.4, 0.5) is 0 Å². The monoisotopic (exact) mass is 325 g/mol. The highest BCUT2D eigenvalue weighted by Gasteiger charge is 2.09. The highest BCUT2D eigenvalue weighted by molar-refractivity contribution is 5.94. The van der Waals surface area contributed by atoms with Crippen molar-refractivity contribution < 1.29 is 18.4 Å². The van der Waals surface area contributed by atoms with Gasteiger partial charge in [0.05, 0.1) is 24.5 Å². The molecule has 3 rings (SSSR count). The van der Waals surface area contributed by atoms with Gasteiger partial charge in [0, 0.05) is 5.56 Å². The number of carbonyl (C=O) groups excluding carboxylic acids is 1. The number of amides is 1. The molecule has 3 aromatic rings. The summed E-state index contributed by atoms with van der Waals surface area (Å²) in [4.78, 5) is 12.2. The number of rotatable bonds is 6. The molecule has 0 atom stereocenters. The van der Waals surface area contributed by atoms with E-state index in [1.807, 2.05) is 32.0 Å².